The molecule has 0 aliphatic heterocycles. The Kier molecular flexibility index (Phi) is 5.04. The maximum Gasteiger partial charge on any atom is 0.257 e. The number of anilines is 2. The highest BCUT2D eigenvalue weighted by Crippen LogP contribution is 2.12. The summed E-state index contributed by atoms with van der Waals surface area (Å²) >= 11 is 0. The van der Waals surface area contributed by atoms with E-state index in [0.717, 1.165) is 0 Å². The first kappa shape index (κ1) is 15.2. The minimum absolute atomic E-state index is 0.0946. The summed E-state index contributed by atoms with van der Waals surface area (Å²) in [5.41, 5.74) is 5.74. The van der Waals surface area contributed by atoms with Crippen molar-refractivity contribution in [1.29, 1.82) is 0 Å². The van der Waals surface area contributed by atoms with Crippen molar-refractivity contribution in [3.8, 4) is 5.95 Å². The van der Waals surface area contributed by atoms with Crippen LogP contribution < -0.4 is 11.1 Å². The van der Waals surface area contributed by atoms with Gasteiger partial charge in [0.2, 0.25) is 11.9 Å². The van der Waals surface area contributed by atoms with Crippen molar-refractivity contribution >= 4 is 11.9 Å². The van der Waals surface area contributed by atoms with Gasteiger partial charge in [-0.3, -0.25) is 0 Å². The van der Waals surface area contributed by atoms with E-state index in [1.165, 1.54) is 4.68 Å². The topological polar surface area (TPSA) is 104 Å². The smallest absolute Gasteiger partial charge is 0.257 e. The van der Waals surface area contributed by atoms with Gasteiger partial charge in [0, 0.05) is 19.0 Å². The maximum atomic E-state index is 5.74. The molecule has 1 atom stereocenters. The largest absolute Gasteiger partial charge is 0.380 e. The number of nitrogens with two attached hydrogens (primary N) is 1. The van der Waals surface area contributed by atoms with E-state index >= 15 is 0 Å². The first-order valence-electron chi connectivity index (χ1n) is 6.96. The van der Waals surface area contributed by atoms with Crippen molar-refractivity contribution in [2.45, 2.75) is 26.8 Å². The first-order chi connectivity index (χ1) is 10.1. The van der Waals surface area contributed by atoms with Crippen LogP contribution in [0, 0.1) is 5.92 Å². The fourth-order valence-electron chi connectivity index (χ4n) is 1.75. The zero-order chi connectivity index (χ0) is 15.2. The Balaban J connectivity index is 2.19. The van der Waals surface area contributed by atoms with Crippen molar-refractivity contribution in [2.24, 2.45) is 5.92 Å². The number of nitrogen functional groups attached to an aromatic ring is 1. The molecule has 0 spiro atoms. The molecule has 1 unspecified atom stereocenters. The summed E-state index contributed by atoms with van der Waals surface area (Å²) in [5, 5.41) is 7.34. The molecule has 0 saturated carbocycles. The number of ether oxygens (including phenoxy) is 1. The predicted molar refractivity (Wildman–Crippen MR) is 80.1 cm³/mol. The summed E-state index contributed by atoms with van der Waals surface area (Å²) in [6.45, 7) is 7.43. The lowest BCUT2D eigenvalue weighted by atomic mass is 10.1. The minimum atomic E-state index is 0.0946. The molecule has 8 nitrogen and oxygen atoms in total. The van der Waals surface area contributed by atoms with Crippen LogP contribution in [0.2, 0.25) is 0 Å². The van der Waals surface area contributed by atoms with Crippen molar-refractivity contribution in [1.82, 2.24) is 24.7 Å². The highest BCUT2D eigenvalue weighted by atomic mass is 16.5. The van der Waals surface area contributed by atoms with Crippen LogP contribution in [-0.4, -0.2) is 44.0 Å². The molecule has 2 heterocycles. The third-order valence-electron chi connectivity index (χ3n) is 2.97. The Hall–Kier alpha value is -2.22. The molecule has 3 N–H and O–H groups in total. The van der Waals surface area contributed by atoms with E-state index in [9.17, 15) is 0 Å². The molecule has 0 saturated heterocycles. The zero-order valence-corrected chi connectivity index (χ0v) is 12.5. The molecule has 2 rings (SSSR count). The molecule has 0 amide bonds. The van der Waals surface area contributed by atoms with Crippen molar-refractivity contribution in [3.63, 3.8) is 0 Å². The molecule has 8 heteroatoms. The average molecular weight is 291 g/mol. The molecule has 114 valence electrons. The van der Waals surface area contributed by atoms with Gasteiger partial charge in [0.15, 0.2) is 0 Å². The van der Waals surface area contributed by atoms with Gasteiger partial charge in [-0.2, -0.15) is 20.1 Å². The van der Waals surface area contributed by atoms with Crippen molar-refractivity contribution in [3.05, 3.63) is 18.5 Å². The standard InChI is InChI=1S/C13H21N7O/c1-4-21-8-10(9(2)3)16-12-17-11(14)18-13(19-12)20-7-5-6-15-20/h5-7,9-10H,4,8H2,1-3H3,(H3,14,16,17,18,19). The van der Waals surface area contributed by atoms with E-state index in [4.69, 9.17) is 10.5 Å². The Morgan fingerprint density at radius 3 is 2.76 bits per heavy atom. The lowest BCUT2D eigenvalue weighted by Crippen LogP contribution is -2.32. The molecule has 0 aliphatic carbocycles. The van der Waals surface area contributed by atoms with E-state index in [0.29, 0.717) is 31.0 Å². The van der Waals surface area contributed by atoms with Crippen LogP contribution in [0.15, 0.2) is 18.5 Å². The summed E-state index contributed by atoms with van der Waals surface area (Å²) < 4.78 is 7.02. The van der Waals surface area contributed by atoms with E-state index in [1.807, 2.05) is 6.92 Å². The van der Waals surface area contributed by atoms with Crippen LogP contribution in [0.25, 0.3) is 5.95 Å². The molecule has 0 aromatic carbocycles. The van der Waals surface area contributed by atoms with Gasteiger partial charge in [-0.05, 0) is 18.9 Å². The summed E-state index contributed by atoms with van der Waals surface area (Å²) in [4.78, 5) is 12.5. The SMILES string of the molecule is CCOCC(Nc1nc(N)nc(-n2cccn2)n1)C(C)C. The third kappa shape index (κ3) is 4.12. The van der Waals surface area contributed by atoms with Gasteiger partial charge in [0.05, 0.1) is 12.6 Å². The van der Waals surface area contributed by atoms with Gasteiger partial charge < -0.3 is 15.8 Å². The number of aromatic nitrogens is 5. The van der Waals surface area contributed by atoms with Crippen LogP contribution in [0.1, 0.15) is 20.8 Å². The fourth-order valence-corrected chi connectivity index (χ4v) is 1.75. The van der Waals surface area contributed by atoms with Crippen LogP contribution in [-0.2, 0) is 4.74 Å². The normalized spacial score (nSPS) is 12.6. The lowest BCUT2D eigenvalue weighted by Gasteiger charge is -2.22. The van der Waals surface area contributed by atoms with Gasteiger partial charge >= 0.3 is 0 Å². The average Bonchev–Trinajstić information content (AvgIpc) is 2.96. The van der Waals surface area contributed by atoms with Crippen LogP contribution in [0.5, 0.6) is 0 Å². The highest BCUT2D eigenvalue weighted by molar-refractivity contribution is 5.35. The molecular weight excluding hydrogens is 270 g/mol. The van der Waals surface area contributed by atoms with Crippen LogP contribution in [0.4, 0.5) is 11.9 Å². The minimum Gasteiger partial charge on any atom is -0.380 e. The van der Waals surface area contributed by atoms with Gasteiger partial charge in [0.25, 0.3) is 5.95 Å². The molecule has 0 radical (unpaired) electrons. The molecule has 2 aromatic rings. The Morgan fingerprint density at radius 1 is 1.33 bits per heavy atom. The summed E-state index contributed by atoms with van der Waals surface area (Å²) in [6, 6.07) is 1.89. The predicted octanol–water partition coefficient (Wildman–Crippen LogP) is 1.11. The maximum absolute atomic E-state index is 5.74. The fraction of sp³-hybridized carbons (Fsp3) is 0.538. The van der Waals surface area contributed by atoms with Gasteiger partial charge in [-0.25, -0.2) is 4.68 Å². The van der Waals surface area contributed by atoms with Crippen LogP contribution in [0.3, 0.4) is 0 Å². The highest BCUT2D eigenvalue weighted by Gasteiger charge is 2.16. The Bertz CT molecular complexity index is 556. The van der Waals surface area contributed by atoms with Gasteiger partial charge in [-0.15, -0.1) is 0 Å². The summed E-state index contributed by atoms with van der Waals surface area (Å²) in [7, 11) is 0. The molecule has 21 heavy (non-hydrogen) atoms. The number of hydrogen-bond acceptors (Lipinski definition) is 7. The Morgan fingerprint density at radius 2 is 2.14 bits per heavy atom. The zero-order valence-electron chi connectivity index (χ0n) is 12.5. The molecule has 2 aromatic heterocycles. The second-order valence-corrected chi connectivity index (χ2v) is 4.92. The second kappa shape index (κ2) is 6.98. The third-order valence-corrected chi connectivity index (χ3v) is 2.97. The lowest BCUT2D eigenvalue weighted by molar-refractivity contribution is 0.126. The molecule has 0 aliphatic rings. The van der Waals surface area contributed by atoms with E-state index in [-0.39, 0.29) is 12.0 Å². The first-order valence-corrected chi connectivity index (χ1v) is 6.96. The molecular formula is C13H21N7O. The van der Waals surface area contributed by atoms with Crippen molar-refractivity contribution in [2.75, 3.05) is 24.3 Å². The van der Waals surface area contributed by atoms with Gasteiger partial charge in [-0.1, -0.05) is 13.8 Å². The van der Waals surface area contributed by atoms with Gasteiger partial charge in [0.1, 0.15) is 0 Å². The number of nitrogens with one attached hydrogen (secondary N) is 1. The molecule has 0 fully saturated rings. The number of nitrogens with zero attached hydrogens (tertiary/aromatic N) is 5. The summed E-state index contributed by atoms with van der Waals surface area (Å²) in [5.74, 6) is 1.32. The second-order valence-electron chi connectivity index (χ2n) is 4.92. The molecule has 0 bridgehead atoms. The quantitative estimate of drug-likeness (QED) is 0.787. The van der Waals surface area contributed by atoms with E-state index in [2.05, 4.69) is 39.2 Å². The summed E-state index contributed by atoms with van der Waals surface area (Å²) in [6.07, 6.45) is 3.40. The number of rotatable bonds is 7. The van der Waals surface area contributed by atoms with E-state index < -0.39 is 0 Å². The number of hydrogen-bond donors (Lipinski definition) is 2. The van der Waals surface area contributed by atoms with Crippen LogP contribution >= 0.6 is 0 Å². The Labute approximate surface area is 123 Å². The van der Waals surface area contributed by atoms with E-state index in [1.54, 1.807) is 18.5 Å². The van der Waals surface area contributed by atoms with Crippen molar-refractivity contribution < 1.29 is 4.74 Å². The monoisotopic (exact) mass is 291 g/mol.